The van der Waals surface area contributed by atoms with Crippen LogP contribution in [0.25, 0.3) is 0 Å². The fourth-order valence-corrected chi connectivity index (χ4v) is 3.32. The Morgan fingerprint density at radius 1 is 1.41 bits per heavy atom. The highest BCUT2D eigenvalue weighted by molar-refractivity contribution is 9.10. The third-order valence-electron chi connectivity index (χ3n) is 3.83. The molecule has 1 fully saturated rings. The first-order chi connectivity index (χ1) is 8.26. The van der Waals surface area contributed by atoms with Gasteiger partial charge in [0.2, 0.25) is 0 Å². The zero-order valence-electron chi connectivity index (χ0n) is 10.2. The van der Waals surface area contributed by atoms with Gasteiger partial charge in [-0.2, -0.15) is 0 Å². The second kappa shape index (κ2) is 4.62. The highest BCUT2D eigenvalue weighted by atomic mass is 79.9. The van der Waals surface area contributed by atoms with Gasteiger partial charge in [-0.1, -0.05) is 29.3 Å². The van der Waals surface area contributed by atoms with Gasteiger partial charge in [-0.05, 0) is 23.6 Å². The highest BCUT2D eigenvalue weighted by Gasteiger charge is 2.27. The summed E-state index contributed by atoms with van der Waals surface area (Å²) in [6.45, 7) is 6.66. The molecule has 3 rings (SSSR count). The van der Waals surface area contributed by atoms with Gasteiger partial charge in [0.1, 0.15) is 5.75 Å². The van der Waals surface area contributed by atoms with E-state index >= 15 is 0 Å². The quantitative estimate of drug-likeness (QED) is 0.849. The summed E-state index contributed by atoms with van der Waals surface area (Å²) in [6.07, 6.45) is 2.36. The fraction of sp³-hybridized carbons (Fsp3) is 0.571. The Balaban J connectivity index is 1.75. The average Bonchev–Trinajstić information content (AvgIpc) is 2.70. The monoisotopic (exact) mass is 295 g/mol. The Morgan fingerprint density at radius 3 is 3.00 bits per heavy atom. The van der Waals surface area contributed by atoms with Crippen molar-refractivity contribution in [2.45, 2.75) is 26.3 Å². The van der Waals surface area contributed by atoms with E-state index in [1.54, 1.807) is 0 Å². The summed E-state index contributed by atoms with van der Waals surface area (Å²) in [6, 6.07) is 4.40. The average molecular weight is 296 g/mol. The normalized spacial score (nSPS) is 19.9. The molecule has 0 aromatic heterocycles. The summed E-state index contributed by atoms with van der Waals surface area (Å²) >= 11 is 3.60. The minimum absolute atomic E-state index is 0.844. The summed E-state index contributed by atoms with van der Waals surface area (Å²) in [5.74, 6) is 2.06. The molecule has 0 spiro atoms. The lowest BCUT2D eigenvalue weighted by Gasteiger charge is -2.39. The molecule has 0 N–H and O–H groups in total. The molecular formula is C14H18BrNO. The Hall–Kier alpha value is -0.540. The standard InChI is InChI=1S/C14H18BrNO/c1-2-10-7-16(8-10)9-12-6-13(15)5-11-3-4-17-14(11)12/h5-6,10H,2-4,7-9H2,1H3. The Labute approximate surface area is 111 Å². The summed E-state index contributed by atoms with van der Waals surface area (Å²) in [5.41, 5.74) is 2.71. The maximum Gasteiger partial charge on any atom is 0.127 e. The van der Waals surface area contributed by atoms with Gasteiger partial charge in [-0.25, -0.2) is 0 Å². The van der Waals surface area contributed by atoms with Crippen molar-refractivity contribution >= 4 is 15.9 Å². The van der Waals surface area contributed by atoms with Gasteiger partial charge in [0.25, 0.3) is 0 Å². The van der Waals surface area contributed by atoms with Crippen molar-refractivity contribution in [3.8, 4) is 5.75 Å². The van der Waals surface area contributed by atoms with E-state index in [1.807, 2.05) is 0 Å². The molecule has 0 bridgehead atoms. The minimum atomic E-state index is 0.844. The smallest absolute Gasteiger partial charge is 0.127 e. The summed E-state index contributed by atoms with van der Waals surface area (Å²) < 4.78 is 6.94. The third kappa shape index (κ3) is 2.23. The predicted molar refractivity (Wildman–Crippen MR) is 72.4 cm³/mol. The lowest BCUT2D eigenvalue weighted by atomic mass is 9.96. The first-order valence-corrected chi connectivity index (χ1v) is 7.22. The van der Waals surface area contributed by atoms with Crippen molar-refractivity contribution in [2.75, 3.05) is 19.7 Å². The van der Waals surface area contributed by atoms with Crippen LogP contribution in [0, 0.1) is 5.92 Å². The van der Waals surface area contributed by atoms with E-state index in [2.05, 4.69) is 39.9 Å². The van der Waals surface area contributed by atoms with Crippen molar-refractivity contribution in [1.82, 2.24) is 4.90 Å². The molecule has 0 radical (unpaired) electrons. The number of ether oxygens (including phenoxy) is 1. The van der Waals surface area contributed by atoms with Crippen molar-refractivity contribution in [2.24, 2.45) is 5.92 Å². The number of likely N-dealkylation sites (tertiary alicyclic amines) is 1. The molecular weight excluding hydrogens is 278 g/mol. The number of hydrogen-bond donors (Lipinski definition) is 0. The van der Waals surface area contributed by atoms with Crippen molar-refractivity contribution in [3.05, 3.63) is 27.7 Å². The van der Waals surface area contributed by atoms with Gasteiger partial charge in [0, 0.05) is 36.1 Å². The lowest BCUT2D eigenvalue weighted by Crippen LogP contribution is -2.45. The minimum Gasteiger partial charge on any atom is -0.493 e. The van der Waals surface area contributed by atoms with E-state index in [0.29, 0.717) is 0 Å². The lowest BCUT2D eigenvalue weighted by molar-refractivity contribution is 0.0889. The van der Waals surface area contributed by atoms with Gasteiger partial charge < -0.3 is 4.74 Å². The number of fused-ring (bicyclic) bond motifs is 1. The van der Waals surface area contributed by atoms with Crippen molar-refractivity contribution in [3.63, 3.8) is 0 Å². The van der Waals surface area contributed by atoms with E-state index in [-0.39, 0.29) is 0 Å². The van der Waals surface area contributed by atoms with Crippen LogP contribution in [0.1, 0.15) is 24.5 Å². The molecule has 0 amide bonds. The summed E-state index contributed by atoms with van der Waals surface area (Å²) in [7, 11) is 0. The van der Waals surface area contributed by atoms with E-state index < -0.39 is 0 Å². The highest BCUT2D eigenvalue weighted by Crippen LogP contribution is 2.35. The van der Waals surface area contributed by atoms with Crippen LogP contribution in [-0.2, 0) is 13.0 Å². The fourth-order valence-electron chi connectivity index (χ4n) is 2.77. The van der Waals surface area contributed by atoms with Crippen LogP contribution in [0.2, 0.25) is 0 Å². The second-order valence-corrected chi connectivity index (χ2v) is 6.04. The number of halogens is 1. The molecule has 0 unspecified atom stereocenters. The maximum atomic E-state index is 5.76. The van der Waals surface area contributed by atoms with Crippen LogP contribution in [0.15, 0.2) is 16.6 Å². The van der Waals surface area contributed by atoms with Crippen LogP contribution in [0.4, 0.5) is 0 Å². The molecule has 3 heteroatoms. The number of rotatable bonds is 3. The molecule has 0 aliphatic carbocycles. The van der Waals surface area contributed by atoms with E-state index in [4.69, 9.17) is 4.74 Å². The maximum absolute atomic E-state index is 5.76. The topological polar surface area (TPSA) is 12.5 Å². The van der Waals surface area contributed by atoms with Gasteiger partial charge >= 0.3 is 0 Å². The Kier molecular flexibility index (Phi) is 3.14. The first-order valence-electron chi connectivity index (χ1n) is 6.42. The number of benzene rings is 1. The summed E-state index contributed by atoms with van der Waals surface area (Å²) in [5, 5.41) is 0. The molecule has 1 aromatic rings. The SMILES string of the molecule is CCC1CN(Cc2cc(Br)cc3c2OCC3)C1. The number of nitrogens with zero attached hydrogens (tertiary/aromatic N) is 1. The van der Waals surface area contributed by atoms with E-state index in [1.165, 1.54) is 35.1 Å². The van der Waals surface area contributed by atoms with Crippen LogP contribution in [0.5, 0.6) is 5.75 Å². The molecule has 92 valence electrons. The van der Waals surface area contributed by atoms with Crippen LogP contribution in [0.3, 0.4) is 0 Å². The van der Waals surface area contributed by atoms with Crippen LogP contribution in [-0.4, -0.2) is 24.6 Å². The molecule has 0 saturated carbocycles. The summed E-state index contributed by atoms with van der Waals surface area (Å²) in [4.78, 5) is 2.51. The number of hydrogen-bond acceptors (Lipinski definition) is 2. The molecule has 2 aliphatic heterocycles. The van der Waals surface area contributed by atoms with Crippen LogP contribution >= 0.6 is 15.9 Å². The zero-order valence-corrected chi connectivity index (χ0v) is 11.8. The zero-order chi connectivity index (χ0) is 11.8. The van der Waals surface area contributed by atoms with Crippen LogP contribution < -0.4 is 4.74 Å². The van der Waals surface area contributed by atoms with Gasteiger partial charge in [0.15, 0.2) is 0 Å². The largest absolute Gasteiger partial charge is 0.493 e. The molecule has 17 heavy (non-hydrogen) atoms. The van der Waals surface area contributed by atoms with E-state index in [0.717, 1.165) is 31.2 Å². The molecule has 2 heterocycles. The molecule has 0 atom stereocenters. The molecule has 2 aliphatic rings. The van der Waals surface area contributed by atoms with Crippen molar-refractivity contribution in [1.29, 1.82) is 0 Å². The predicted octanol–water partition coefficient (Wildman–Crippen LogP) is 3.23. The molecule has 2 nitrogen and oxygen atoms in total. The molecule has 1 aromatic carbocycles. The van der Waals surface area contributed by atoms with E-state index in [9.17, 15) is 0 Å². The molecule has 1 saturated heterocycles. The van der Waals surface area contributed by atoms with Gasteiger partial charge in [-0.15, -0.1) is 0 Å². The van der Waals surface area contributed by atoms with Gasteiger partial charge in [-0.3, -0.25) is 4.90 Å². The van der Waals surface area contributed by atoms with Crippen molar-refractivity contribution < 1.29 is 4.74 Å². The third-order valence-corrected chi connectivity index (χ3v) is 4.29. The second-order valence-electron chi connectivity index (χ2n) is 5.12. The first kappa shape index (κ1) is 11.5. The Bertz CT molecular complexity index is 426. The Morgan fingerprint density at radius 2 is 2.24 bits per heavy atom. The van der Waals surface area contributed by atoms with Gasteiger partial charge in [0.05, 0.1) is 6.61 Å².